The summed E-state index contributed by atoms with van der Waals surface area (Å²) in [6.45, 7) is 3.99. The number of carbonyl (C=O) groups excluding carboxylic acids is 1. The monoisotopic (exact) mass is 513 g/mol. The fraction of sp³-hybridized carbons (Fsp3) is 0.444. The predicted molar refractivity (Wildman–Crippen MR) is 138 cm³/mol. The van der Waals surface area contributed by atoms with Gasteiger partial charge in [0.05, 0.1) is 24.9 Å². The molecule has 2 aromatic carbocycles. The van der Waals surface area contributed by atoms with E-state index in [4.69, 9.17) is 4.74 Å². The van der Waals surface area contributed by atoms with Gasteiger partial charge in [-0.3, -0.25) is 9.69 Å². The lowest BCUT2D eigenvalue weighted by Gasteiger charge is -2.39. The van der Waals surface area contributed by atoms with E-state index < -0.39 is 11.6 Å². The van der Waals surface area contributed by atoms with Crippen LogP contribution in [0.1, 0.15) is 37.7 Å². The lowest BCUT2D eigenvalue weighted by Crippen LogP contribution is -2.52. The second-order valence-electron chi connectivity index (χ2n) is 9.50. The van der Waals surface area contributed by atoms with Gasteiger partial charge in [0.1, 0.15) is 18.0 Å². The van der Waals surface area contributed by atoms with E-state index in [1.807, 2.05) is 11.9 Å². The number of phenols is 1. The molecule has 3 aromatic rings. The number of nitrogens with zero attached hydrogens (tertiary/aromatic N) is 4. The van der Waals surface area contributed by atoms with E-state index in [0.717, 1.165) is 13.1 Å². The first-order valence-corrected chi connectivity index (χ1v) is 12.5. The van der Waals surface area contributed by atoms with Gasteiger partial charge in [0.25, 0.3) is 0 Å². The number of amides is 1. The Morgan fingerprint density at radius 2 is 1.86 bits per heavy atom. The Bertz CT molecular complexity index is 1270. The number of carbonyl (C=O) groups is 1. The van der Waals surface area contributed by atoms with Crippen LogP contribution < -0.4 is 10.1 Å². The molecule has 0 unspecified atom stereocenters. The molecule has 0 spiro atoms. The van der Waals surface area contributed by atoms with Gasteiger partial charge in [-0.25, -0.2) is 18.7 Å². The summed E-state index contributed by atoms with van der Waals surface area (Å²) in [5.74, 6) is -0.559. The number of hydrogen-bond acceptors (Lipinski definition) is 7. The molecule has 1 aliphatic heterocycles. The lowest BCUT2D eigenvalue weighted by atomic mass is 9.94. The number of likely N-dealkylation sites (N-methyl/N-ethyl adjacent to an activating group) is 1. The van der Waals surface area contributed by atoms with Crippen LogP contribution in [0.2, 0.25) is 0 Å². The standard InChI is InChI=1S/C16H13F2N3O2.C11H20N2O/c1-8-10(17)3-4-11(15(8)18)21-16-9-5-13(22)14(23-2)6-12(9)19-7-20-16;1-12-7-8-13(9-11(12)14)10-5-3-2-4-6-10/h3-7,22H,1-2H3,(H,19,20,21);10H,2-9H2,1H3. The summed E-state index contributed by atoms with van der Waals surface area (Å²) in [5, 5.41) is 13.2. The topological polar surface area (TPSA) is 90.8 Å². The average molecular weight is 514 g/mol. The molecule has 0 atom stereocenters. The number of hydrogen-bond donors (Lipinski definition) is 2. The van der Waals surface area contributed by atoms with Crippen LogP contribution in [0.4, 0.5) is 20.3 Å². The van der Waals surface area contributed by atoms with Gasteiger partial charge < -0.3 is 20.1 Å². The van der Waals surface area contributed by atoms with Gasteiger partial charge in [-0.05, 0) is 38.0 Å². The third-order valence-corrected chi connectivity index (χ3v) is 7.09. The highest BCUT2D eigenvalue weighted by molar-refractivity contribution is 5.93. The van der Waals surface area contributed by atoms with E-state index in [1.165, 1.54) is 70.7 Å². The van der Waals surface area contributed by atoms with Gasteiger partial charge in [-0.15, -0.1) is 0 Å². The quantitative estimate of drug-likeness (QED) is 0.520. The molecular formula is C27H33F2N5O3. The van der Waals surface area contributed by atoms with Crippen LogP contribution in [0, 0.1) is 18.6 Å². The Kier molecular flexibility index (Phi) is 8.38. The zero-order valence-corrected chi connectivity index (χ0v) is 21.4. The van der Waals surface area contributed by atoms with Crippen molar-refractivity contribution in [2.75, 3.05) is 39.1 Å². The summed E-state index contributed by atoms with van der Waals surface area (Å²) in [6, 6.07) is 6.12. The molecular weight excluding hydrogens is 480 g/mol. The first-order valence-electron chi connectivity index (χ1n) is 12.5. The van der Waals surface area contributed by atoms with Crippen LogP contribution in [-0.4, -0.2) is 70.6 Å². The minimum Gasteiger partial charge on any atom is -0.504 e. The second kappa shape index (κ2) is 11.7. The van der Waals surface area contributed by atoms with Gasteiger partial charge in [-0.1, -0.05) is 19.3 Å². The second-order valence-corrected chi connectivity index (χ2v) is 9.50. The molecule has 8 nitrogen and oxygen atoms in total. The summed E-state index contributed by atoms with van der Waals surface area (Å²) in [5.41, 5.74) is 0.508. The van der Waals surface area contributed by atoms with Crippen LogP contribution in [0.3, 0.4) is 0 Å². The van der Waals surface area contributed by atoms with Crippen LogP contribution in [0.15, 0.2) is 30.6 Å². The van der Waals surface area contributed by atoms with Crippen LogP contribution in [0.5, 0.6) is 11.5 Å². The molecule has 2 N–H and O–H groups in total. The molecule has 2 fully saturated rings. The van der Waals surface area contributed by atoms with E-state index in [9.17, 15) is 18.7 Å². The Morgan fingerprint density at radius 3 is 2.57 bits per heavy atom. The smallest absolute Gasteiger partial charge is 0.236 e. The largest absolute Gasteiger partial charge is 0.504 e. The third kappa shape index (κ3) is 6.07. The third-order valence-electron chi connectivity index (χ3n) is 7.09. The fourth-order valence-corrected chi connectivity index (χ4v) is 4.76. The van der Waals surface area contributed by atoms with E-state index in [2.05, 4.69) is 20.2 Å². The number of aromatic hydroxyl groups is 1. The first-order chi connectivity index (χ1) is 17.8. The summed E-state index contributed by atoms with van der Waals surface area (Å²) in [7, 11) is 3.33. The number of nitrogens with one attached hydrogen (secondary N) is 1. The van der Waals surface area contributed by atoms with Crippen molar-refractivity contribution in [2.45, 2.75) is 45.1 Å². The summed E-state index contributed by atoms with van der Waals surface area (Å²) >= 11 is 0. The minimum atomic E-state index is -0.700. The number of fused-ring (bicyclic) bond motifs is 1. The summed E-state index contributed by atoms with van der Waals surface area (Å²) in [4.78, 5) is 23.9. The van der Waals surface area contributed by atoms with Crippen LogP contribution in [0.25, 0.3) is 10.9 Å². The summed E-state index contributed by atoms with van der Waals surface area (Å²) < 4.78 is 32.5. The molecule has 37 heavy (non-hydrogen) atoms. The van der Waals surface area contributed by atoms with Crippen molar-refractivity contribution in [2.24, 2.45) is 0 Å². The Labute approximate surface area is 215 Å². The Balaban J connectivity index is 0.000000195. The number of anilines is 2. The number of rotatable bonds is 4. The van der Waals surface area contributed by atoms with Crippen molar-refractivity contribution in [3.63, 3.8) is 0 Å². The number of benzene rings is 2. The molecule has 1 aliphatic carbocycles. The average Bonchev–Trinajstić information content (AvgIpc) is 2.91. The number of aromatic nitrogens is 2. The van der Waals surface area contributed by atoms with Gasteiger partial charge in [0.15, 0.2) is 17.3 Å². The van der Waals surface area contributed by atoms with Crippen molar-refractivity contribution in [3.8, 4) is 11.5 Å². The number of methoxy groups -OCH3 is 1. The van der Waals surface area contributed by atoms with E-state index in [-0.39, 0.29) is 28.6 Å². The van der Waals surface area contributed by atoms with Crippen molar-refractivity contribution >= 4 is 28.3 Å². The van der Waals surface area contributed by atoms with Crippen LogP contribution in [-0.2, 0) is 4.79 Å². The molecule has 2 aliphatic rings. The van der Waals surface area contributed by atoms with Gasteiger partial charge in [-0.2, -0.15) is 0 Å². The van der Waals surface area contributed by atoms with E-state index in [0.29, 0.717) is 29.4 Å². The van der Waals surface area contributed by atoms with Crippen molar-refractivity contribution < 1.29 is 23.4 Å². The normalized spacial score (nSPS) is 16.9. The highest BCUT2D eigenvalue weighted by Crippen LogP contribution is 2.34. The van der Waals surface area contributed by atoms with Crippen molar-refractivity contribution in [1.29, 1.82) is 0 Å². The number of ether oxygens (including phenoxy) is 1. The first kappa shape index (κ1) is 26.5. The maximum absolute atomic E-state index is 14.1. The minimum absolute atomic E-state index is 0.0826. The molecule has 1 amide bonds. The molecule has 1 aromatic heterocycles. The maximum Gasteiger partial charge on any atom is 0.236 e. The van der Waals surface area contributed by atoms with Crippen LogP contribution >= 0.6 is 0 Å². The number of piperazine rings is 1. The summed E-state index contributed by atoms with van der Waals surface area (Å²) in [6.07, 6.45) is 8.00. The highest BCUT2D eigenvalue weighted by atomic mass is 19.1. The SMILES string of the molecule is CN1CCN(C2CCCCC2)CC1=O.COc1cc2ncnc(Nc3ccc(F)c(C)c3F)c2cc1O. The van der Waals surface area contributed by atoms with Crippen molar-refractivity contribution in [3.05, 3.63) is 47.8 Å². The fourth-order valence-electron chi connectivity index (χ4n) is 4.76. The molecule has 1 saturated carbocycles. The van der Waals surface area contributed by atoms with Crippen molar-refractivity contribution in [1.82, 2.24) is 19.8 Å². The highest BCUT2D eigenvalue weighted by Gasteiger charge is 2.27. The molecule has 0 bridgehead atoms. The molecule has 198 valence electrons. The lowest BCUT2D eigenvalue weighted by molar-refractivity contribution is -0.135. The molecule has 0 radical (unpaired) electrons. The zero-order chi connectivity index (χ0) is 26.5. The molecule has 1 saturated heterocycles. The molecule has 10 heteroatoms. The van der Waals surface area contributed by atoms with Gasteiger partial charge >= 0.3 is 0 Å². The van der Waals surface area contributed by atoms with E-state index in [1.54, 1.807) is 6.07 Å². The Morgan fingerprint density at radius 1 is 1.11 bits per heavy atom. The molecule has 2 heterocycles. The Hall–Kier alpha value is -3.53. The van der Waals surface area contributed by atoms with Gasteiger partial charge in [0, 0.05) is 43.2 Å². The maximum atomic E-state index is 14.1. The number of halogens is 2. The predicted octanol–water partition coefficient (Wildman–Crippen LogP) is 4.77. The van der Waals surface area contributed by atoms with E-state index >= 15 is 0 Å². The zero-order valence-electron chi connectivity index (χ0n) is 21.4. The number of phenolic OH excluding ortho intramolecular Hbond substituents is 1. The molecule has 5 rings (SSSR count). The van der Waals surface area contributed by atoms with Gasteiger partial charge in [0.2, 0.25) is 5.91 Å².